The predicted molar refractivity (Wildman–Crippen MR) is 88.0 cm³/mol. The van der Waals surface area contributed by atoms with Crippen molar-refractivity contribution in [1.82, 2.24) is 15.1 Å². The Morgan fingerprint density at radius 3 is 2.67 bits per heavy atom. The number of nitrogens with zero attached hydrogens (tertiary/aromatic N) is 2. The highest BCUT2D eigenvalue weighted by Crippen LogP contribution is 2.18. The molecule has 7 nitrogen and oxygen atoms in total. The first-order chi connectivity index (χ1) is 11.5. The minimum Gasteiger partial charge on any atom is -0.482 e. The Kier molecular flexibility index (Phi) is 5.95. The van der Waals surface area contributed by atoms with Gasteiger partial charge >= 0.3 is 5.97 Å². The molecule has 1 amide bonds. The van der Waals surface area contributed by atoms with E-state index in [0.29, 0.717) is 11.3 Å². The van der Waals surface area contributed by atoms with Crippen molar-refractivity contribution in [2.45, 2.75) is 32.9 Å². The van der Waals surface area contributed by atoms with Crippen molar-refractivity contribution in [2.24, 2.45) is 0 Å². The monoisotopic (exact) mass is 331 g/mol. The molecule has 2 N–H and O–H groups in total. The van der Waals surface area contributed by atoms with E-state index >= 15 is 0 Å². The quantitative estimate of drug-likeness (QED) is 0.774. The number of nitrogens with one attached hydrogen (secondary N) is 1. The molecule has 0 saturated carbocycles. The van der Waals surface area contributed by atoms with E-state index in [9.17, 15) is 9.59 Å². The molecule has 0 saturated heterocycles. The lowest BCUT2D eigenvalue weighted by atomic mass is 10.1. The van der Waals surface area contributed by atoms with Crippen LogP contribution in [-0.4, -0.2) is 33.4 Å². The van der Waals surface area contributed by atoms with Gasteiger partial charge in [-0.3, -0.25) is 9.48 Å². The van der Waals surface area contributed by atoms with Crippen molar-refractivity contribution < 1.29 is 19.4 Å². The van der Waals surface area contributed by atoms with Gasteiger partial charge in [0.05, 0.1) is 17.8 Å². The van der Waals surface area contributed by atoms with Crippen LogP contribution >= 0.6 is 0 Å². The molecule has 2 rings (SSSR count). The van der Waals surface area contributed by atoms with E-state index in [1.54, 1.807) is 41.3 Å². The van der Waals surface area contributed by atoms with Gasteiger partial charge in [0.15, 0.2) is 6.61 Å². The normalized spacial score (nSPS) is 11.8. The van der Waals surface area contributed by atoms with Gasteiger partial charge in [-0.2, -0.15) is 5.10 Å². The van der Waals surface area contributed by atoms with Crippen LogP contribution in [-0.2, 0) is 11.3 Å². The summed E-state index contributed by atoms with van der Waals surface area (Å²) in [4.78, 5) is 22.7. The number of aliphatic carboxylic acids is 1. The number of hydrogen-bond acceptors (Lipinski definition) is 4. The highest BCUT2D eigenvalue weighted by Gasteiger charge is 2.13. The van der Waals surface area contributed by atoms with Crippen molar-refractivity contribution in [3.8, 4) is 5.75 Å². The molecule has 0 spiro atoms. The summed E-state index contributed by atoms with van der Waals surface area (Å²) in [5.74, 6) is -0.736. The van der Waals surface area contributed by atoms with Crippen molar-refractivity contribution in [3.05, 3.63) is 47.8 Å². The number of carboxylic acids is 1. The SMILES string of the molecule is CCCn1cc(C(=O)NC(C)c2ccc(OCC(=O)O)cc2)cn1. The van der Waals surface area contributed by atoms with Gasteiger partial charge in [0.25, 0.3) is 5.91 Å². The van der Waals surface area contributed by atoms with Gasteiger partial charge in [-0.15, -0.1) is 0 Å². The van der Waals surface area contributed by atoms with E-state index in [0.717, 1.165) is 18.5 Å². The summed E-state index contributed by atoms with van der Waals surface area (Å²) in [5.41, 5.74) is 1.42. The Labute approximate surface area is 140 Å². The molecule has 1 aromatic heterocycles. The first-order valence-corrected chi connectivity index (χ1v) is 7.77. The van der Waals surface area contributed by atoms with Crippen molar-refractivity contribution in [3.63, 3.8) is 0 Å². The van der Waals surface area contributed by atoms with Crippen LogP contribution in [0.4, 0.5) is 0 Å². The van der Waals surface area contributed by atoms with Gasteiger partial charge in [0.2, 0.25) is 0 Å². The fourth-order valence-corrected chi connectivity index (χ4v) is 2.19. The molecule has 0 aliphatic heterocycles. The first-order valence-electron chi connectivity index (χ1n) is 7.77. The van der Waals surface area contributed by atoms with Crippen LogP contribution in [0.5, 0.6) is 5.75 Å². The molecule has 0 radical (unpaired) electrons. The molecule has 1 heterocycles. The van der Waals surface area contributed by atoms with Gasteiger partial charge in [-0.1, -0.05) is 19.1 Å². The number of hydrogen-bond donors (Lipinski definition) is 2. The van der Waals surface area contributed by atoms with Crippen LogP contribution in [0, 0.1) is 0 Å². The molecular formula is C17H21N3O4. The van der Waals surface area contributed by atoms with Gasteiger partial charge < -0.3 is 15.2 Å². The lowest BCUT2D eigenvalue weighted by molar-refractivity contribution is -0.139. The summed E-state index contributed by atoms with van der Waals surface area (Å²) in [6.07, 6.45) is 4.24. The number of carboxylic acid groups (broad SMARTS) is 1. The maximum absolute atomic E-state index is 12.2. The van der Waals surface area contributed by atoms with Crippen LogP contribution in [0.1, 0.15) is 42.2 Å². The molecule has 128 valence electrons. The third kappa shape index (κ3) is 4.84. The van der Waals surface area contributed by atoms with Crippen LogP contribution in [0.25, 0.3) is 0 Å². The van der Waals surface area contributed by atoms with Crippen LogP contribution in [0.2, 0.25) is 0 Å². The summed E-state index contributed by atoms with van der Waals surface area (Å²) >= 11 is 0. The topological polar surface area (TPSA) is 93.5 Å². The minimum atomic E-state index is -1.02. The second kappa shape index (κ2) is 8.14. The fourth-order valence-electron chi connectivity index (χ4n) is 2.19. The zero-order chi connectivity index (χ0) is 17.5. The smallest absolute Gasteiger partial charge is 0.341 e. The van der Waals surface area contributed by atoms with Crippen molar-refractivity contribution >= 4 is 11.9 Å². The highest BCUT2D eigenvalue weighted by molar-refractivity contribution is 5.93. The first kappa shape index (κ1) is 17.5. The van der Waals surface area contributed by atoms with E-state index in [4.69, 9.17) is 9.84 Å². The molecule has 0 bridgehead atoms. The average Bonchev–Trinajstić information content (AvgIpc) is 3.02. The number of amides is 1. The Morgan fingerprint density at radius 1 is 1.33 bits per heavy atom. The maximum Gasteiger partial charge on any atom is 0.341 e. The Bertz CT molecular complexity index is 694. The Balaban J connectivity index is 1.94. The molecule has 1 aromatic carbocycles. The summed E-state index contributed by atoms with van der Waals surface area (Å²) in [5, 5.41) is 15.6. The van der Waals surface area contributed by atoms with Gasteiger partial charge in [-0.25, -0.2) is 4.79 Å². The molecule has 2 aromatic rings. The second-order valence-electron chi connectivity index (χ2n) is 5.44. The number of aryl methyl sites for hydroxylation is 1. The van der Waals surface area contributed by atoms with E-state index in [2.05, 4.69) is 10.4 Å². The molecule has 7 heteroatoms. The van der Waals surface area contributed by atoms with Gasteiger partial charge in [0.1, 0.15) is 5.75 Å². The molecule has 24 heavy (non-hydrogen) atoms. The van der Waals surface area contributed by atoms with Crippen LogP contribution < -0.4 is 10.1 Å². The zero-order valence-electron chi connectivity index (χ0n) is 13.7. The number of carbonyl (C=O) groups is 2. The number of ether oxygens (including phenoxy) is 1. The Hall–Kier alpha value is -2.83. The average molecular weight is 331 g/mol. The molecule has 1 unspecified atom stereocenters. The zero-order valence-corrected chi connectivity index (χ0v) is 13.7. The maximum atomic E-state index is 12.2. The molecule has 1 atom stereocenters. The molecule has 0 aliphatic rings. The van der Waals surface area contributed by atoms with Crippen LogP contribution in [0.15, 0.2) is 36.7 Å². The number of carbonyl (C=O) groups excluding carboxylic acids is 1. The van der Waals surface area contributed by atoms with Gasteiger partial charge in [-0.05, 0) is 31.0 Å². The summed E-state index contributed by atoms with van der Waals surface area (Å²) < 4.78 is 6.82. The minimum absolute atomic E-state index is 0.184. The lowest BCUT2D eigenvalue weighted by Gasteiger charge is -2.14. The highest BCUT2D eigenvalue weighted by atomic mass is 16.5. The molecule has 0 aliphatic carbocycles. The number of rotatable bonds is 8. The van der Waals surface area contributed by atoms with Crippen molar-refractivity contribution in [1.29, 1.82) is 0 Å². The standard InChI is InChI=1S/C17H21N3O4/c1-3-8-20-10-14(9-18-20)17(23)19-12(2)13-4-6-15(7-5-13)24-11-16(21)22/h4-7,9-10,12H,3,8,11H2,1-2H3,(H,19,23)(H,21,22). The fraction of sp³-hybridized carbons (Fsp3) is 0.353. The number of aromatic nitrogens is 2. The lowest BCUT2D eigenvalue weighted by Crippen LogP contribution is -2.26. The predicted octanol–water partition coefficient (Wildman–Crippen LogP) is 2.25. The van der Waals surface area contributed by atoms with E-state index < -0.39 is 5.97 Å². The Morgan fingerprint density at radius 2 is 2.04 bits per heavy atom. The summed E-state index contributed by atoms with van der Waals surface area (Å²) in [6.45, 7) is 4.32. The van der Waals surface area contributed by atoms with Gasteiger partial charge in [0, 0.05) is 12.7 Å². The number of benzene rings is 1. The van der Waals surface area contributed by atoms with E-state index in [1.807, 2.05) is 13.8 Å². The van der Waals surface area contributed by atoms with Crippen molar-refractivity contribution in [2.75, 3.05) is 6.61 Å². The summed E-state index contributed by atoms with van der Waals surface area (Å²) in [6, 6.07) is 6.76. The van der Waals surface area contributed by atoms with Crippen LogP contribution in [0.3, 0.4) is 0 Å². The summed E-state index contributed by atoms with van der Waals surface area (Å²) in [7, 11) is 0. The third-order valence-corrected chi connectivity index (χ3v) is 3.44. The second-order valence-corrected chi connectivity index (χ2v) is 5.44. The van der Waals surface area contributed by atoms with E-state index in [1.165, 1.54) is 0 Å². The molecule has 0 fully saturated rings. The largest absolute Gasteiger partial charge is 0.482 e. The van der Waals surface area contributed by atoms with E-state index in [-0.39, 0.29) is 18.6 Å². The molecular weight excluding hydrogens is 310 g/mol. The third-order valence-electron chi connectivity index (χ3n) is 3.44.